The van der Waals surface area contributed by atoms with Crippen LogP contribution in [0.2, 0.25) is 5.02 Å². The fourth-order valence-corrected chi connectivity index (χ4v) is 4.53. The van der Waals surface area contributed by atoms with Gasteiger partial charge < -0.3 is 14.4 Å². The molecule has 2 heterocycles. The molecule has 1 saturated heterocycles. The maximum Gasteiger partial charge on any atom is 0.254 e. The minimum Gasteiger partial charge on any atom is -0.439 e. The number of aryl methyl sites for hydroxylation is 1. The molecule has 1 fully saturated rings. The highest BCUT2D eigenvalue weighted by atomic mass is 35.5. The summed E-state index contributed by atoms with van der Waals surface area (Å²) in [6.07, 6.45) is 1.78. The Balaban J connectivity index is 1.54. The van der Waals surface area contributed by atoms with Crippen LogP contribution in [0, 0.1) is 12.7 Å². The summed E-state index contributed by atoms with van der Waals surface area (Å²) in [5.41, 5.74) is 2.74. The molecule has 6 nitrogen and oxygen atoms in total. The van der Waals surface area contributed by atoms with Gasteiger partial charge in [0.1, 0.15) is 11.6 Å². The zero-order valence-corrected chi connectivity index (χ0v) is 21.2. The van der Waals surface area contributed by atoms with Gasteiger partial charge in [0.15, 0.2) is 0 Å². The molecule has 3 aromatic carbocycles. The molecule has 0 aliphatic carbocycles. The lowest BCUT2D eigenvalue weighted by molar-refractivity contribution is 0.0505. The molecule has 0 spiro atoms. The molecule has 190 valence electrons. The first-order chi connectivity index (χ1) is 18.0. The number of amides is 1. The topological polar surface area (TPSA) is 56.6 Å². The van der Waals surface area contributed by atoms with Crippen molar-refractivity contribution in [3.63, 3.8) is 0 Å². The van der Waals surface area contributed by atoms with Gasteiger partial charge in [-0.25, -0.2) is 9.07 Å². The average molecular weight is 520 g/mol. The maximum absolute atomic E-state index is 13.6. The van der Waals surface area contributed by atoms with Crippen molar-refractivity contribution in [2.75, 3.05) is 13.2 Å². The molecular weight excluding hydrogens is 493 g/mol. The van der Waals surface area contributed by atoms with E-state index in [-0.39, 0.29) is 24.4 Å². The van der Waals surface area contributed by atoms with Crippen LogP contribution in [0.25, 0.3) is 5.69 Å². The lowest BCUT2D eigenvalue weighted by Crippen LogP contribution is -2.37. The quantitative estimate of drug-likeness (QED) is 0.263. The van der Waals surface area contributed by atoms with Gasteiger partial charge in [0.05, 0.1) is 29.6 Å². The fourth-order valence-electron chi connectivity index (χ4n) is 4.40. The Hall–Kier alpha value is -3.68. The number of carbonyl (C=O) groups excluding carboxylic acids is 1. The highest BCUT2D eigenvalue weighted by molar-refractivity contribution is 6.30. The molecule has 1 aliphatic heterocycles. The molecule has 0 unspecified atom stereocenters. The smallest absolute Gasteiger partial charge is 0.254 e. The van der Waals surface area contributed by atoms with Crippen molar-refractivity contribution in [3.05, 3.63) is 107 Å². The zero-order chi connectivity index (χ0) is 25.8. The van der Waals surface area contributed by atoms with E-state index in [1.165, 1.54) is 24.3 Å². The van der Waals surface area contributed by atoms with Gasteiger partial charge in [0, 0.05) is 23.7 Å². The summed E-state index contributed by atoms with van der Waals surface area (Å²) >= 11 is 6.08. The summed E-state index contributed by atoms with van der Waals surface area (Å²) < 4.78 is 27.5. The van der Waals surface area contributed by atoms with E-state index in [1.54, 1.807) is 33.8 Å². The number of rotatable bonds is 8. The molecule has 4 aromatic rings. The summed E-state index contributed by atoms with van der Waals surface area (Å²) in [7, 11) is 0. The third kappa shape index (κ3) is 5.84. The molecule has 0 bridgehead atoms. The van der Waals surface area contributed by atoms with Crippen LogP contribution in [0.4, 0.5) is 4.39 Å². The van der Waals surface area contributed by atoms with Gasteiger partial charge in [-0.05, 0) is 80.4 Å². The highest BCUT2D eigenvalue weighted by Crippen LogP contribution is 2.33. The van der Waals surface area contributed by atoms with E-state index in [1.807, 2.05) is 37.3 Å². The van der Waals surface area contributed by atoms with Gasteiger partial charge in [-0.15, -0.1) is 0 Å². The summed E-state index contributed by atoms with van der Waals surface area (Å²) in [6.45, 7) is 3.24. The number of aromatic nitrogens is 2. The van der Waals surface area contributed by atoms with Gasteiger partial charge >= 0.3 is 0 Å². The number of nitrogens with zero attached hydrogens (tertiary/aromatic N) is 3. The molecule has 0 radical (unpaired) electrons. The molecule has 5 rings (SSSR count). The van der Waals surface area contributed by atoms with Gasteiger partial charge in [-0.3, -0.25) is 4.79 Å². The van der Waals surface area contributed by atoms with E-state index in [4.69, 9.17) is 26.2 Å². The third-order valence-corrected chi connectivity index (χ3v) is 6.59. The SMILES string of the molecule is Cc1nn(-c2ccccc2)c(Oc2ccc(Cl)cc2)c1CN(C[C@@H]1CCCO1)C(=O)c1ccc(F)cc1. The predicted molar refractivity (Wildman–Crippen MR) is 140 cm³/mol. The maximum atomic E-state index is 13.6. The van der Waals surface area contributed by atoms with Gasteiger partial charge in [0.25, 0.3) is 5.91 Å². The summed E-state index contributed by atoms with van der Waals surface area (Å²) in [5, 5.41) is 5.37. The molecule has 0 N–H and O–H groups in total. The van der Waals surface area contributed by atoms with E-state index in [0.29, 0.717) is 35.4 Å². The fraction of sp³-hybridized carbons (Fsp3) is 0.241. The predicted octanol–water partition coefficient (Wildman–Crippen LogP) is 6.59. The monoisotopic (exact) mass is 519 g/mol. The van der Waals surface area contributed by atoms with Crippen LogP contribution in [0.15, 0.2) is 78.9 Å². The number of hydrogen-bond acceptors (Lipinski definition) is 4. The Labute approximate surface area is 220 Å². The van der Waals surface area contributed by atoms with Crippen molar-refractivity contribution in [1.82, 2.24) is 14.7 Å². The molecule has 1 aromatic heterocycles. The Morgan fingerprint density at radius 1 is 1.11 bits per heavy atom. The molecule has 8 heteroatoms. The Bertz CT molecular complexity index is 1350. The van der Waals surface area contributed by atoms with Crippen LogP contribution in [0.1, 0.15) is 34.5 Å². The van der Waals surface area contributed by atoms with Crippen molar-refractivity contribution in [2.24, 2.45) is 0 Å². The second-order valence-electron chi connectivity index (χ2n) is 9.00. The molecule has 1 atom stereocenters. The van der Waals surface area contributed by atoms with Crippen molar-refractivity contribution in [2.45, 2.75) is 32.4 Å². The standard InChI is InChI=1S/C29H27ClFN3O3/c1-20-27(19-33(18-26-8-5-17-36-26)28(35)21-9-13-23(31)14-10-21)29(37-25-15-11-22(30)12-16-25)34(32-20)24-6-3-2-4-7-24/h2-4,6-7,9-16,26H,5,8,17-19H2,1H3/t26-/m0/s1. The molecule has 37 heavy (non-hydrogen) atoms. The lowest BCUT2D eigenvalue weighted by Gasteiger charge is -2.26. The van der Waals surface area contributed by atoms with Crippen molar-refractivity contribution in [3.8, 4) is 17.3 Å². The number of halogens is 2. The van der Waals surface area contributed by atoms with Crippen LogP contribution in [0.3, 0.4) is 0 Å². The lowest BCUT2D eigenvalue weighted by atomic mass is 10.1. The van der Waals surface area contributed by atoms with Gasteiger partial charge in [-0.2, -0.15) is 5.10 Å². The Morgan fingerprint density at radius 2 is 1.84 bits per heavy atom. The number of benzene rings is 3. The van der Waals surface area contributed by atoms with E-state index in [2.05, 4.69) is 0 Å². The molecule has 0 saturated carbocycles. The molecular formula is C29H27ClFN3O3. The number of hydrogen-bond donors (Lipinski definition) is 0. The first-order valence-corrected chi connectivity index (χ1v) is 12.6. The van der Waals surface area contributed by atoms with E-state index < -0.39 is 0 Å². The molecule has 1 amide bonds. The largest absolute Gasteiger partial charge is 0.439 e. The first kappa shape index (κ1) is 25.0. The minimum atomic E-state index is -0.388. The number of para-hydroxylation sites is 1. The van der Waals surface area contributed by atoms with E-state index >= 15 is 0 Å². The Kier molecular flexibility index (Phi) is 7.53. The van der Waals surface area contributed by atoms with E-state index in [0.717, 1.165) is 29.8 Å². The van der Waals surface area contributed by atoms with Crippen molar-refractivity contribution < 1.29 is 18.7 Å². The van der Waals surface area contributed by atoms with Crippen LogP contribution < -0.4 is 4.74 Å². The summed E-state index contributed by atoms with van der Waals surface area (Å²) in [4.78, 5) is 15.3. The van der Waals surface area contributed by atoms with Crippen molar-refractivity contribution in [1.29, 1.82) is 0 Å². The van der Waals surface area contributed by atoms with Gasteiger partial charge in [0.2, 0.25) is 5.88 Å². The zero-order valence-electron chi connectivity index (χ0n) is 20.4. The van der Waals surface area contributed by atoms with Crippen LogP contribution in [-0.4, -0.2) is 39.8 Å². The Morgan fingerprint density at radius 3 is 2.51 bits per heavy atom. The van der Waals surface area contributed by atoms with Crippen LogP contribution in [0.5, 0.6) is 11.6 Å². The number of ether oxygens (including phenoxy) is 2. The summed E-state index contributed by atoms with van der Waals surface area (Å²) in [5.74, 6) is 0.509. The van der Waals surface area contributed by atoms with Crippen LogP contribution >= 0.6 is 11.6 Å². The second kappa shape index (κ2) is 11.2. The number of carbonyl (C=O) groups is 1. The third-order valence-electron chi connectivity index (χ3n) is 6.34. The average Bonchev–Trinajstić information content (AvgIpc) is 3.54. The minimum absolute atomic E-state index is 0.0606. The van der Waals surface area contributed by atoms with Crippen LogP contribution in [-0.2, 0) is 11.3 Å². The van der Waals surface area contributed by atoms with E-state index in [9.17, 15) is 9.18 Å². The second-order valence-corrected chi connectivity index (χ2v) is 9.44. The first-order valence-electron chi connectivity index (χ1n) is 12.2. The highest BCUT2D eigenvalue weighted by Gasteiger charge is 2.28. The summed E-state index contributed by atoms with van der Waals surface area (Å²) in [6, 6.07) is 22.4. The normalized spacial score (nSPS) is 15.1. The van der Waals surface area contributed by atoms with Gasteiger partial charge in [-0.1, -0.05) is 29.8 Å². The van der Waals surface area contributed by atoms with Crippen molar-refractivity contribution >= 4 is 17.5 Å². The molecule has 1 aliphatic rings.